The van der Waals surface area contributed by atoms with Gasteiger partial charge in [-0.05, 0) is 41.8 Å². The topological polar surface area (TPSA) is 141 Å². The van der Waals surface area contributed by atoms with Gasteiger partial charge in [-0.1, -0.05) is 36.4 Å². The number of piperidine rings is 1. The van der Waals surface area contributed by atoms with Crippen molar-refractivity contribution in [2.75, 3.05) is 42.1 Å². The zero-order valence-electron chi connectivity index (χ0n) is 22.5. The average Bonchev–Trinajstić information content (AvgIpc) is 3.23. The number of anilines is 3. The molecule has 1 aromatic heterocycles. The molecule has 0 bridgehead atoms. The molecule has 2 fully saturated rings. The lowest BCUT2D eigenvalue weighted by Gasteiger charge is -2.35. The van der Waals surface area contributed by atoms with Gasteiger partial charge in [0, 0.05) is 51.4 Å². The molecule has 0 spiro atoms. The number of rotatable bonds is 7. The van der Waals surface area contributed by atoms with E-state index in [0.29, 0.717) is 18.1 Å². The number of hydrogen-bond donors (Lipinski definition) is 3. The van der Waals surface area contributed by atoms with E-state index in [9.17, 15) is 19.2 Å². The van der Waals surface area contributed by atoms with Crippen molar-refractivity contribution in [3.63, 3.8) is 0 Å². The van der Waals surface area contributed by atoms with Crippen LogP contribution >= 0.6 is 0 Å². The van der Waals surface area contributed by atoms with Crippen molar-refractivity contribution < 1.29 is 19.2 Å². The molecular formula is C30H31N7O4. The number of pyridine rings is 1. The molecule has 4 amide bonds. The molecule has 11 nitrogen and oxygen atoms in total. The normalized spacial score (nSPS) is 19.4. The lowest BCUT2D eigenvalue weighted by atomic mass is 10.0. The quantitative estimate of drug-likeness (QED) is 0.375. The second-order valence-electron chi connectivity index (χ2n) is 10.5. The van der Waals surface area contributed by atoms with Crippen molar-refractivity contribution in [2.24, 2.45) is 0 Å². The fourth-order valence-electron chi connectivity index (χ4n) is 5.63. The lowest BCUT2D eigenvalue weighted by molar-refractivity contribution is -0.136. The van der Waals surface area contributed by atoms with Gasteiger partial charge < -0.3 is 16.0 Å². The van der Waals surface area contributed by atoms with Crippen molar-refractivity contribution >= 4 is 41.0 Å². The summed E-state index contributed by atoms with van der Waals surface area (Å²) in [5.74, 6) is -0.608. The molecule has 1 unspecified atom stereocenters. The van der Waals surface area contributed by atoms with Crippen LogP contribution in [0.15, 0.2) is 60.7 Å². The van der Waals surface area contributed by atoms with E-state index in [2.05, 4.69) is 49.7 Å². The summed E-state index contributed by atoms with van der Waals surface area (Å²) in [6.07, 6.45) is 0.210. The number of nitrogens with two attached hydrogens (primary N) is 1. The van der Waals surface area contributed by atoms with Crippen LogP contribution in [0, 0.1) is 0 Å². The van der Waals surface area contributed by atoms with Crippen molar-refractivity contribution in [1.29, 1.82) is 0 Å². The van der Waals surface area contributed by atoms with E-state index in [0.717, 1.165) is 49.0 Å². The number of carbonyl (C=O) groups is 4. The van der Waals surface area contributed by atoms with Gasteiger partial charge >= 0.3 is 0 Å². The summed E-state index contributed by atoms with van der Waals surface area (Å²) in [4.78, 5) is 60.3. The Morgan fingerprint density at radius 1 is 0.878 bits per heavy atom. The Kier molecular flexibility index (Phi) is 7.10. The average molecular weight is 554 g/mol. The Hall–Kier alpha value is -4.77. The van der Waals surface area contributed by atoms with Crippen LogP contribution in [-0.4, -0.2) is 70.6 Å². The molecule has 6 rings (SSSR count). The number of aromatic nitrogens is 1. The number of hydrogen-bond acceptors (Lipinski definition) is 9. The van der Waals surface area contributed by atoms with Gasteiger partial charge in [-0.25, -0.2) is 4.98 Å². The van der Waals surface area contributed by atoms with Gasteiger partial charge in [0.1, 0.15) is 17.7 Å². The third kappa shape index (κ3) is 5.36. The highest BCUT2D eigenvalue weighted by molar-refractivity contribution is 6.25. The smallest absolute Gasteiger partial charge is 0.264 e. The van der Waals surface area contributed by atoms with Crippen molar-refractivity contribution in [1.82, 2.24) is 20.1 Å². The highest BCUT2D eigenvalue weighted by Gasteiger charge is 2.45. The van der Waals surface area contributed by atoms with Gasteiger partial charge in [-0.3, -0.25) is 34.3 Å². The number of piperazine rings is 1. The third-order valence-electron chi connectivity index (χ3n) is 7.83. The number of amides is 4. The number of carbonyl (C=O) groups excluding carboxylic acids is 4. The van der Waals surface area contributed by atoms with Crippen molar-refractivity contribution in [3.05, 3.63) is 82.9 Å². The molecule has 3 aliphatic heterocycles. The molecule has 4 heterocycles. The molecule has 2 saturated heterocycles. The van der Waals surface area contributed by atoms with E-state index in [1.807, 2.05) is 12.1 Å². The molecule has 0 saturated carbocycles. The number of nitrogens with one attached hydrogen (secondary N) is 2. The van der Waals surface area contributed by atoms with Crippen LogP contribution in [0.1, 0.15) is 44.7 Å². The largest absolute Gasteiger partial charge is 0.384 e. The van der Waals surface area contributed by atoms with Crippen LogP contribution in [-0.2, 0) is 22.7 Å². The summed E-state index contributed by atoms with van der Waals surface area (Å²) in [5.41, 5.74) is 9.12. The van der Waals surface area contributed by atoms with Gasteiger partial charge in [0.25, 0.3) is 11.8 Å². The highest BCUT2D eigenvalue weighted by Crippen LogP contribution is 2.32. The zero-order chi connectivity index (χ0) is 28.5. The number of imide groups is 2. The minimum absolute atomic E-state index is 0.0852. The number of nitrogen functional groups attached to an aromatic ring is 1. The monoisotopic (exact) mass is 553 g/mol. The van der Waals surface area contributed by atoms with E-state index in [4.69, 9.17) is 5.73 Å². The van der Waals surface area contributed by atoms with Crippen LogP contribution < -0.4 is 21.3 Å². The molecule has 2 aromatic carbocycles. The van der Waals surface area contributed by atoms with Crippen molar-refractivity contribution in [2.45, 2.75) is 32.0 Å². The van der Waals surface area contributed by atoms with E-state index in [1.165, 1.54) is 5.56 Å². The molecule has 11 heteroatoms. The van der Waals surface area contributed by atoms with Crippen molar-refractivity contribution in [3.8, 4) is 0 Å². The zero-order valence-corrected chi connectivity index (χ0v) is 22.5. The third-order valence-corrected chi connectivity index (χ3v) is 7.83. The first-order valence-electron chi connectivity index (χ1n) is 13.7. The van der Waals surface area contributed by atoms with Gasteiger partial charge in [0.15, 0.2) is 0 Å². The molecular weight excluding hydrogens is 522 g/mol. The molecule has 4 N–H and O–H groups in total. The summed E-state index contributed by atoms with van der Waals surface area (Å²) in [6, 6.07) is 18.1. The Balaban J connectivity index is 1.05. The van der Waals surface area contributed by atoms with Gasteiger partial charge in [0.2, 0.25) is 11.8 Å². The maximum absolute atomic E-state index is 13.3. The minimum Gasteiger partial charge on any atom is -0.384 e. The van der Waals surface area contributed by atoms with Gasteiger partial charge in [-0.15, -0.1) is 0 Å². The summed E-state index contributed by atoms with van der Waals surface area (Å²) < 4.78 is 0. The number of fused-ring (bicyclic) bond motifs is 1. The fourth-order valence-corrected chi connectivity index (χ4v) is 5.63. The summed E-state index contributed by atoms with van der Waals surface area (Å²) in [7, 11) is 0. The first-order chi connectivity index (χ1) is 19.9. The predicted molar refractivity (Wildman–Crippen MR) is 153 cm³/mol. The first-order valence-corrected chi connectivity index (χ1v) is 13.7. The second kappa shape index (κ2) is 11.0. The molecule has 210 valence electrons. The van der Waals surface area contributed by atoms with Crippen LogP contribution in [0.3, 0.4) is 0 Å². The fraction of sp³-hybridized carbons (Fsp3) is 0.300. The Morgan fingerprint density at radius 2 is 1.61 bits per heavy atom. The molecule has 3 aliphatic rings. The van der Waals surface area contributed by atoms with Crippen LogP contribution in [0.5, 0.6) is 0 Å². The van der Waals surface area contributed by atoms with E-state index in [1.54, 1.807) is 24.3 Å². The van der Waals surface area contributed by atoms with Gasteiger partial charge in [0.05, 0.1) is 11.1 Å². The summed E-state index contributed by atoms with van der Waals surface area (Å²) in [5, 5.41) is 5.52. The van der Waals surface area contributed by atoms with Crippen LogP contribution in [0.2, 0.25) is 0 Å². The SMILES string of the molecule is Nc1cccc(N2CCN(Cc3ccc(CNc4cccc5c4C(=O)N(C4CCC(=O)NC4=O)C5=O)cc3)CC2)n1. The standard InChI is InChI=1S/C30H31N7O4/c31-24-5-2-6-25(33-24)36-15-13-35(14-16-36)18-20-9-7-19(8-10-20)17-32-22-4-1-3-21-27(22)30(41)37(29(21)40)23-11-12-26(38)34-28(23)39/h1-10,23,32H,11-18H2,(H2,31,33)(H,34,38,39). The van der Waals surface area contributed by atoms with Crippen LogP contribution in [0.4, 0.5) is 17.3 Å². The van der Waals surface area contributed by atoms with Crippen LogP contribution in [0.25, 0.3) is 0 Å². The molecule has 0 radical (unpaired) electrons. The van der Waals surface area contributed by atoms with Gasteiger partial charge in [-0.2, -0.15) is 0 Å². The molecule has 1 atom stereocenters. The van der Waals surface area contributed by atoms with E-state index >= 15 is 0 Å². The highest BCUT2D eigenvalue weighted by atomic mass is 16.2. The summed E-state index contributed by atoms with van der Waals surface area (Å²) in [6.45, 7) is 4.96. The molecule has 41 heavy (non-hydrogen) atoms. The van der Waals surface area contributed by atoms with E-state index < -0.39 is 29.7 Å². The molecule has 3 aromatic rings. The predicted octanol–water partition coefficient (Wildman–Crippen LogP) is 2.00. The minimum atomic E-state index is -0.989. The Morgan fingerprint density at radius 3 is 2.34 bits per heavy atom. The Labute approximate surface area is 237 Å². The number of benzene rings is 2. The number of nitrogens with zero attached hydrogens (tertiary/aromatic N) is 4. The Bertz CT molecular complexity index is 1520. The first kappa shape index (κ1) is 26.5. The maximum Gasteiger partial charge on any atom is 0.264 e. The second-order valence-corrected chi connectivity index (χ2v) is 10.5. The molecule has 0 aliphatic carbocycles. The lowest BCUT2D eigenvalue weighted by Crippen LogP contribution is -2.54. The summed E-state index contributed by atoms with van der Waals surface area (Å²) >= 11 is 0. The van der Waals surface area contributed by atoms with E-state index in [-0.39, 0.29) is 24.0 Å². The maximum atomic E-state index is 13.3.